The van der Waals surface area contributed by atoms with Crippen LogP contribution < -0.4 is 6.15 Å². The summed E-state index contributed by atoms with van der Waals surface area (Å²) < 4.78 is 51.3. The Morgan fingerprint density at radius 3 is 2.18 bits per heavy atom. The molecule has 0 aliphatic heterocycles. The summed E-state index contributed by atoms with van der Waals surface area (Å²) in [6, 6.07) is 0. The molecule has 0 aliphatic rings. The monoisotopic (exact) mass is 191 g/mol. The second-order valence-electron chi connectivity index (χ2n) is 1.82. The molecule has 1 unspecified atom stereocenters. The van der Waals surface area contributed by atoms with E-state index in [1.807, 2.05) is 0 Å². The molecule has 0 saturated heterocycles. The van der Waals surface area contributed by atoms with Crippen LogP contribution in [0.3, 0.4) is 0 Å². The van der Waals surface area contributed by atoms with Gasteiger partial charge in [-0.1, -0.05) is 0 Å². The zero-order valence-corrected chi connectivity index (χ0v) is 6.65. The SMILES string of the molecule is N.O=S(=O)(O)CC(F)CCF. The molecule has 0 heterocycles. The third-order valence-corrected chi connectivity index (χ3v) is 1.60. The predicted octanol–water partition coefficient (Wildman–Crippen LogP) is 0.734. The summed E-state index contributed by atoms with van der Waals surface area (Å²) in [7, 11) is -4.29. The van der Waals surface area contributed by atoms with Crippen molar-refractivity contribution in [3.63, 3.8) is 0 Å². The van der Waals surface area contributed by atoms with Gasteiger partial charge >= 0.3 is 0 Å². The molecule has 0 spiro atoms. The Morgan fingerprint density at radius 1 is 1.45 bits per heavy atom. The Kier molecular flexibility index (Phi) is 6.53. The molecule has 11 heavy (non-hydrogen) atoms. The van der Waals surface area contributed by atoms with Gasteiger partial charge in [-0.3, -0.25) is 8.94 Å². The molecule has 0 aliphatic carbocycles. The first-order valence-corrected chi connectivity index (χ1v) is 4.22. The quantitative estimate of drug-likeness (QED) is 0.641. The van der Waals surface area contributed by atoms with Crippen molar-refractivity contribution in [2.45, 2.75) is 12.6 Å². The molecule has 4 nitrogen and oxygen atoms in total. The Bertz CT molecular complexity index is 182. The minimum absolute atomic E-state index is 0. The first-order chi connectivity index (χ1) is 4.45. The summed E-state index contributed by atoms with van der Waals surface area (Å²) in [5, 5.41) is 0. The van der Waals surface area contributed by atoms with Gasteiger partial charge in [0.2, 0.25) is 0 Å². The summed E-state index contributed by atoms with van der Waals surface area (Å²) in [4.78, 5) is 0. The lowest BCUT2D eigenvalue weighted by atomic mass is 10.3. The minimum atomic E-state index is -4.29. The number of alkyl halides is 2. The standard InChI is InChI=1S/C4H8F2O3S.H3N/c5-2-1-4(6)3-10(7,8)9;/h4H,1-3H2,(H,7,8,9);1H3. The van der Waals surface area contributed by atoms with Gasteiger partial charge in [-0.2, -0.15) is 8.42 Å². The van der Waals surface area contributed by atoms with Crippen molar-refractivity contribution in [3.05, 3.63) is 0 Å². The van der Waals surface area contributed by atoms with E-state index in [2.05, 4.69) is 0 Å². The molecular weight excluding hydrogens is 180 g/mol. The molecule has 0 radical (unpaired) electrons. The third kappa shape index (κ3) is 9.73. The van der Waals surface area contributed by atoms with Crippen LogP contribution in [0.4, 0.5) is 8.78 Å². The van der Waals surface area contributed by atoms with E-state index >= 15 is 0 Å². The minimum Gasteiger partial charge on any atom is -0.344 e. The van der Waals surface area contributed by atoms with Gasteiger partial charge in [-0.25, -0.2) is 4.39 Å². The van der Waals surface area contributed by atoms with Crippen molar-refractivity contribution < 1.29 is 21.8 Å². The maximum atomic E-state index is 12.1. The van der Waals surface area contributed by atoms with Gasteiger partial charge in [-0.05, 0) is 0 Å². The number of halogens is 2. The lowest BCUT2D eigenvalue weighted by Crippen LogP contribution is -2.16. The molecule has 70 valence electrons. The van der Waals surface area contributed by atoms with Gasteiger partial charge in [-0.15, -0.1) is 0 Å². The normalized spacial score (nSPS) is 13.7. The van der Waals surface area contributed by atoms with Crippen LogP contribution in [-0.4, -0.2) is 31.6 Å². The van der Waals surface area contributed by atoms with Crippen LogP contribution in [0.25, 0.3) is 0 Å². The van der Waals surface area contributed by atoms with Gasteiger partial charge in [0.1, 0.15) is 11.9 Å². The maximum absolute atomic E-state index is 12.1. The maximum Gasteiger partial charge on any atom is 0.267 e. The van der Waals surface area contributed by atoms with Crippen molar-refractivity contribution in [1.29, 1.82) is 0 Å². The van der Waals surface area contributed by atoms with Crippen LogP contribution in [0, 0.1) is 0 Å². The summed E-state index contributed by atoms with van der Waals surface area (Å²) in [5.41, 5.74) is 0. The zero-order valence-electron chi connectivity index (χ0n) is 5.83. The zero-order chi connectivity index (χ0) is 8.20. The molecule has 4 N–H and O–H groups in total. The molecule has 0 aromatic rings. The molecule has 0 fully saturated rings. The number of hydrogen-bond donors (Lipinski definition) is 2. The van der Waals surface area contributed by atoms with E-state index in [-0.39, 0.29) is 6.15 Å². The molecule has 0 saturated carbocycles. The highest BCUT2D eigenvalue weighted by Crippen LogP contribution is 2.01. The molecule has 0 bridgehead atoms. The van der Waals surface area contributed by atoms with Crippen LogP contribution >= 0.6 is 0 Å². The Hall–Kier alpha value is -0.270. The van der Waals surface area contributed by atoms with E-state index in [4.69, 9.17) is 4.55 Å². The van der Waals surface area contributed by atoms with Crippen LogP contribution in [-0.2, 0) is 10.1 Å². The Labute approximate surface area is 63.9 Å². The summed E-state index contributed by atoms with van der Waals surface area (Å²) in [6.45, 7) is -0.920. The summed E-state index contributed by atoms with van der Waals surface area (Å²) in [5.74, 6) is -1.02. The van der Waals surface area contributed by atoms with Crippen LogP contribution in [0.5, 0.6) is 0 Å². The van der Waals surface area contributed by atoms with Crippen LogP contribution in [0.1, 0.15) is 6.42 Å². The van der Waals surface area contributed by atoms with Gasteiger partial charge in [0.25, 0.3) is 10.1 Å². The first-order valence-electron chi connectivity index (χ1n) is 2.61. The van der Waals surface area contributed by atoms with Crippen molar-refractivity contribution in [3.8, 4) is 0 Å². The molecule has 0 amide bonds. The highest BCUT2D eigenvalue weighted by Gasteiger charge is 2.14. The molecule has 7 heteroatoms. The van der Waals surface area contributed by atoms with Crippen molar-refractivity contribution in [2.24, 2.45) is 0 Å². The van der Waals surface area contributed by atoms with E-state index in [1.165, 1.54) is 0 Å². The second-order valence-corrected chi connectivity index (χ2v) is 3.32. The number of hydrogen-bond acceptors (Lipinski definition) is 3. The third-order valence-electron chi connectivity index (χ3n) is 0.814. The first kappa shape index (κ1) is 13.3. The Morgan fingerprint density at radius 2 is 1.91 bits per heavy atom. The van der Waals surface area contributed by atoms with E-state index in [0.717, 1.165) is 0 Å². The van der Waals surface area contributed by atoms with Crippen molar-refractivity contribution >= 4 is 10.1 Å². The molecule has 0 aromatic carbocycles. The lowest BCUT2D eigenvalue weighted by Gasteiger charge is -2.00. The van der Waals surface area contributed by atoms with E-state index in [0.29, 0.717) is 0 Å². The second kappa shape index (κ2) is 5.39. The van der Waals surface area contributed by atoms with Gasteiger partial charge in [0, 0.05) is 6.42 Å². The molecule has 0 aromatic heterocycles. The van der Waals surface area contributed by atoms with E-state index in [1.54, 1.807) is 0 Å². The van der Waals surface area contributed by atoms with Crippen molar-refractivity contribution in [1.82, 2.24) is 6.15 Å². The topological polar surface area (TPSA) is 89.4 Å². The average molecular weight is 191 g/mol. The van der Waals surface area contributed by atoms with Crippen LogP contribution in [0.15, 0.2) is 0 Å². The van der Waals surface area contributed by atoms with Gasteiger partial charge < -0.3 is 6.15 Å². The van der Waals surface area contributed by atoms with Crippen LogP contribution in [0.2, 0.25) is 0 Å². The van der Waals surface area contributed by atoms with Gasteiger partial charge in [0.05, 0.1) is 6.67 Å². The van der Waals surface area contributed by atoms with Crippen molar-refractivity contribution in [2.75, 3.05) is 12.4 Å². The lowest BCUT2D eigenvalue weighted by molar-refractivity contribution is 0.301. The highest BCUT2D eigenvalue weighted by molar-refractivity contribution is 7.85. The van der Waals surface area contributed by atoms with E-state index in [9.17, 15) is 17.2 Å². The fourth-order valence-corrected chi connectivity index (χ4v) is 1.05. The predicted molar refractivity (Wildman–Crippen MR) is 36.9 cm³/mol. The molecule has 0 rings (SSSR count). The molecule has 1 atom stereocenters. The number of rotatable bonds is 4. The fourth-order valence-electron chi connectivity index (χ4n) is 0.430. The Balaban J connectivity index is 0. The average Bonchev–Trinajstić information content (AvgIpc) is 1.59. The summed E-state index contributed by atoms with van der Waals surface area (Å²) in [6.07, 6.45) is -2.29. The highest BCUT2D eigenvalue weighted by atomic mass is 32.2. The largest absolute Gasteiger partial charge is 0.344 e. The van der Waals surface area contributed by atoms with Gasteiger partial charge in [0.15, 0.2) is 0 Å². The fraction of sp³-hybridized carbons (Fsp3) is 1.00. The summed E-state index contributed by atoms with van der Waals surface area (Å²) >= 11 is 0. The van der Waals surface area contributed by atoms with E-state index < -0.39 is 35.1 Å². The smallest absolute Gasteiger partial charge is 0.267 e. The molecular formula is C4H11F2NO3S.